The van der Waals surface area contributed by atoms with Crippen LogP contribution in [0.15, 0.2) is 29.4 Å². The standard InChI is InChI=1S/C13H20N2OS/c1-14-13(10-16)6-2-3-12(9-13)17-11-4-7-15-8-5-11/h4-5,7-8,12,14,16H,2-3,6,9-10H2,1H3. The van der Waals surface area contributed by atoms with E-state index in [1.807, 2.05) is 31.2 Å². The van der Waals surface area contributed by atoms with E-state index in [2.05, 4.69) is 22.4 Å². The number of pyridine rings is 1. The summed E-state index contributed by atoms with van der Waals surface area (Å²) >= 11 is 1.91. The summed E-state index contributed by atoms with van der Waals surface area (Å²) in [5.74, 6) is 0. The molecule has 1 aliphatic rings. The highest BCUT2D eigenvalue weighted by Gasteiger charge is 2.34. The number of hydrogen-bond donors (Lipinski definition) is 2. The minimum atomic E-state index is -0.0665. The van der Waals surface area contributed by atoms with Crippen molar-refractivity contribution in [2.45, 2.75) is 41.4 Å². The van der Waals surface area contributed by atoms with E-state index in [0.717, 1.165) is 12.8 Å². The lowest BCUT2D eigenvalue weighted by Crippen LogP contribution is -2.50. The molecule has 0 spiro atoms. The molecule has 1 aromatic rings. The zero-order valence-electron chi connectivity index (χ0n) is 10.2. The fourth-order valence-corrected chi connectivity index (χ4v) is 3.82. The van der Waals surface area contributed by atoms with Gasteiger partial charge in [0.2, 0.25) is 0 Å². The summed E-state index contributed by atoms with van der Waals surface area (Å²) in [6, 6.07) is 4.11. The number of likely N-dealkylation sites (N-methyl/N-ethyl adjacent to an activating group) is 1. The van der Waals surface area contributed by atoms with Crippen molar-refractivity contribution in [1.29, 1.82) is 0 Å². The second-order valence-electron chi connectivity index (χ2n) is 4.71. The van der Waals surface area contributed by atoms with Crippen LogP contribution in [0, 0.1) is 0 Å². The first kappa shape index (κ1) is 12.9. The number of thioether (sulfide) groups is 1. The zero-order valence-corrected chi connectivity index (χ0v) is 11.0. The van der Waals surface area contributed by atoms with Crippen LogP contribution in [0.5, 0.6) is 0 Å². The van der Waals surface area contributed by atoms with Gasteiger partial charge in [-0.1, -0.05) is 6.42 Å². The Morgan fingerprint density at radius 1 is 1.53 bits per heavy atom. The van der Waals surface area contributed by atoms with Gasteiger partial charge in [-0.25, -0.2) is 0 Å². The third kappa shape index (κ3) is 3.21. The number of aliphatic hydroxyl groups excluding tert-OH is 1. The van der Waals surface area contributed by atoms with Crippen molar-refractivity contribution in [3.8, 4) is 0 Å². The van der Waals surface area contributed by atoms with Crippen molar-refractivity contribution in [2.24, 2.45) is 0 Å². The second kappa shape index (κ2) is 5.85. The molecule has 0 radical (unpaired) electrons. The maximum absolute atomic E-state index is 9.54. The van der Waals surface area contributed by atoms with E-state index in [-0.39, 0.29) is 12.1 Å². The molecule has 94 valence electrons. The lowest BCUT2D eigenvalue weighted by Gasteiger charge is -2.39. The molecule has 2 N–H and O–H groups in total. The van der Waals surface area contributed by atoms with Crippen LogP contribution in [0.25, 0.3) is 0 Å². The SMILES string of the molecule is CNC1(CO)CCCC(Sc2ccncc2)C1. The number of nitrogens with one attached hydrogen (secondary N) is 1. The first-order valence-corrected chi connectivity index (χ1v) is 7.02. The molecule has 3 nitrogen and oxygen atoms in total. The number of hydrogen-bond acceptors (Lipinski definition) is 4. The van der Waals surface area contributed by atoms with Crippen molar-refractivity contribution in [1.82, 2.24) is 10.3 Å². The largest absolute Gasteiger partial charge is 0.394 e. The molecule has 4 heteroatoms. The summed E-state index contributed by atoms with van der Waals surface area (Å²) in [6.45, 7) is 0.233. The molecular weight excluding hydrogens is 232 g/mol. The molecule has 0 aromatic carbocycles. The Kier molecular flexibility index (Phi) is 4.42. The number of aliphatic hydroxyl groups is 1. The normalized spacial score (nSPS) is 29.2. The van der Waals surface area contributed by atoms with Crippen molar-refractivity contribution in [2.75, 3.05) is 13.7 Å². The molecule has 0 aliphatic heterocycles. The van der Waals surface area contributed by atoms with Gasteiger partial charge in [-0.2, -0.15) is 0 Å². The van der Waals surface area contributed by atoms with Crippen LogP contribution in [0.2, 0.25) is 0 Å². The van der Waals surface area contributed by atoms with E-state index in [9.17, 15) is 5.11 Å². The maximum atomic E-state index is 9.54. The van der Waals surface area contributed by atoms with Crippen molar-refractivity contribution < 1.29 is 5.11 Å². The molecule has 0 amide bonds. The molecule has 1 fully saturated rings. The first-order chi connectivity index (χ1) is 8.28. The molecular formula is C13H20N2OS. The van der Waals surface area contributed by atoms with E-state index in [1.165, 1.54) is 17.7 Å². The van der Waals surface area contributed by atoms with Gasteiger partial charge in [0.25, 0.3) is 0 Å². The summed E-state index contributed by atoms with van der Waals surface area (Å²) < 4.78 is 0. The number of aromatic nitrogens is 1. The Morgan fingerprint density at radius 2 is 2.29 bits per heavy atom. The average molecular weight is 252 g/mol. The zero-order chi connectivity index (χ0) is 12.1. The van der Waals surface area contributed by atoms with E-state index >= 15 is 0 Å². The summed E-state index contributed by atoms with van der Waals surface area (Å²) in [5.41, 5.74) is -0.0665. The molecule has 1 saturated carbocycles. The highest BCUT2D eigenvalue weighted by atomic mass is 32.2. The van der Waals surface area contributed by atoms with Crippen LogP contribution >= 0.6 is 11.8 Å². The van der Waals surface area contributed by atoms with Crippen LogP contribution < -0.4 is 5.32 Å². The van der Waals surface area contributed by atoms with E-state index in [1.54, 1.807) is 0 Å². The Labute approximate surface area is 107 Å². The topological polar surface area (TPSA) is 45.1 Å². The molecule has 2 unspecified atom stereocenters. The fourth-order valence-electron chi connectivity index (χ4n) is 2.47. The molecule has 1 heterocycles. The van der Waals surface area contributed by atoms with Gasteiger partial charge in [-0.3, -0.25) is 4.98 Å². The second-order valence-corrected chi connectivity index (χ2v) is 6.08. The van der Waals surface area contributed by atoms with E-state index in [4.69, 9.17) is 0 Å². The van der Waals surface area contributed by atoms with Gasteiger partial charge in [-0.05, 0) is 38.4 Å². The molecule has 17 heavy (non-hydrogen) atoms. The van der Waals surface area contributed by atoms with Crippen LogP contribution in [-0.2, 0) is 0 Å². The average Bonchev–Trinajstić information content (AvgIpc) is 2.40. The molecule has 1 aliphatic carbocycles. The number of nitrogens with zero attached hydrogens (tertiary/aromatic N) is 1. The number of rotatable bonds is 4. The Morgan fingerprint density at radius 3 is 2.94 bits per heavy atom. The highest BCUT2D eigenvalue weighted by molar-refractivity contribution is 8.00. The molecule has 0 saturated heterocycles. The first-order valence-electron chi connectivity index (χ1n) is 6.14. The van der Waals surface area contributed by atoms with E-state index in [0.29, 0.717) is 5.25 Å². The van der Waals surface area contributed by atoms with Crippen LogP contribution in [0.3, 0.4) is 0 Å². The maximum Gasteiger partial charge on any atom is 0.0613 e. The summed E-state index contributed by atoms with van der Waals surface area (Å²) in [7, 11) is 1.95. The van der Waals surface area contributed by atoms with Gasteiger partial charge in [0, 0.05) is 28.1 Å². The van der Waals surface area contributed by atoms with Gasteiger partial charge in [0.1, 0.15) is 0 Å². The summed E-state index contributed by atoms with van der Waals surface area (Å²) in [5, 5.41) is 13.4. The molecule has 2 rings (SSSR count). The van der Waals surface area contributed by atoms with E-state index < -0.39 is 0 Å². The van der Waals surface area contributed by atoms with Crippen LogP contribution in [-0.4, -0.2) is 34.5 Å². The van der Waals surface area contributed by atoms with Gasteiger partial charge in [0.15, 0.2) is 0 Å². The fraction of sp³-hybridized carbons (Fsp3) is 0.615. The minimum Gasteiger partial charge on any atom is -0.394 e. The van der Waals surface area contributed by atoms with Crippen LogP contribution in [0.1, 0.15) is 25.7 Å². The van der Waals surface area contributed by atoms with Gasteiger partial charge < -0.3 is 10.4 Å². The summed E-state index contributed by atoms with van der Waals surface area (Å²) in [4.78, 5) is 5.31. The molecule has 1 aromatic heterocycles. The van der Waals surface area contributed by atoms with Gasteiger partial charge >= 0.3 is 0 Å². The van der Waals surface area contributed by atoms with Crippen molar-refractivity contribution >= 4 is 11.8 Å². The molecule has 0 bridgehead atoms. The predicted octanol–water partition coefficient (Wildman–Crippen LogP) is 2.07. The van der Waals surface area contributed by atoms with Crippen molar-refractivity contribution in [3.63, 3.8) is 0 Å². The minimum absolute atomic E-state index is 0.0665. The van der Waals surface area contributed by atoms with Crippen LogP contribution in [0.4, 0.5) is 0 Å². The highest BCUT2D eigenvalue weighted by Crippen LogP contribution is 2.37. The monoisotopic (exact) mass is 252 g/mol. The lowest BCUT2D eigenvalue weighted by molar-refractivity contribution is 0.131. The summed E-state index contributed by atoms with van der Waals surface area (Å²) in [6.07, 6.45) is 8.20. The third-order valence-electron chi connectivity index (χ3n) is 3.59. The Balaban J connectivity index is 1.98. The Bertz CT molecular complexity index is 341. The lowest BCUT2D eigenvalue weighted by atomic mass is 9.82. The third-order valence-corrected chi connectivity index (χ3v) is 4.87. The van der Waals surface area contributed by atoms with Gasteiger partial charge in [0.05, 0.1) is 6.61 Å². The van der Waals surface area contributed by atoms with Crippen molar-refractivity contribution in [3.05, 3.63) is 24.5 Å². The Hall–Kier alpha value is -0.580. The smallest absolute Gasteiger partial charge is 0.0613 e. The molecule has 2 atom stereocenters. The quantitative estimate of drug-likeness (QED) is 0.861. The predicted molar refractivity (Wildman–Crippen MR) is 71.2 cm³/mol. The van der Waals surface area contributed by atoms with Gasteiger partial charge in [-0.15, -0.1) is 11.8 Å².